The van der Waals surface area contributed by atoms with Crippen molar-refractivity contribution in [2.45, 2.75) is 6.92 Å². The van der Waals surface area contributed by atoms with Crippen molar-refractivity contribution in [1.29, 1.82) is 0 Å². The highest BCUT2D eigenvalue weighted by Gasteiger charge is 2.19. The Morgan fingerprint density at radius 2 is 1.04 bits per heavy atom. The fourth-order valence-electron chi connectivity index (χ4n) is 8.18. The van der Waals surface area contributed by atoms with Gasteiger partial charge in [-0.1, -0.05) is 140 Å². The lowest BCUT2D eigenvalue weighted by molar-refractivity contribution is 0.665. The van der Waals surface area contributed by atoms with Crippen LogP contribution in [0.15, 0.2) is 175 Å². The zero-order valence-corrected chi connectivity index (χ0v) is 28.2. The molecule has 2 heterocycles. The average molecular weight is 652 g/mol. The Balaban J connectivity index is 1.13. The first kappa shape index (κ1) is 29.3. The lowest BCUT2D eigenvalue weighted by Gasteiger charge is -2.13. The molecule has 0 unspecified atom stereocenters. The second-order valence-corrected chi connectivity index (χ2v) is 13.3. The number of aromatic nitrogens is 1. The molecule has 0 spiro atoms. The molecule has 0 aliphatic rings. The maximum absolute atomic E-state index is 6.50. The standard InChI is InChI=1S/C49H33NO/c1-3-4-15-36-31(2)50(47-22-12-21-43-42-20-9-10-23-48(42)51-49(43)47)46-27-25-35(30-45(36)46)33-14-11-13-32(28-33)34-24-26-41-39-18-6-5-16-37(39)38-17-7-8-19-40(38)44(41)29-34/h3-30H,1H2,2H3/b15-4-. The molecule has 240 valence electrons. The molecule has 0 saturated heterocycles. The molecule has 0 N–H and O–H groups in total. The molecule has 51 heavy (non-hydrogen) atoms. The summed E-state index contributed by atoms with van der Waals surface area (Å²) in [5, 5.41) is 11.2. The highest BCUT2D eigenvalue weighted by Crippen LogP contribution is 2.40. The minimum Gasteiger partial charge on any atom is -0.454 e. The Bertz CT molecular complexity index is 3020. The first-order valence-electron chi connectivity index (χ1n) is 17.5. The second-order valence-electron chi connectivity index (χ2n) is 13.3. The van der Waals surface area contributed by atoms with Gasteiger partial charge in [-0.05, 0) is 97.9 Å². The van der Waals surface area contributed by atoms with Crippen LogP contribution in [0.3, 0.4) is 0 Å². The van der Waals surface area contributed by atoms with Crippen molar-refractivity contribution in [3.05, 3.63) is 182 Å². The quantitative estimate of drug-likeness (QED) is 0.134. The van der Waals surface area contributed by atoms with Crippen molar-refractivity contribution in [3.63, 3.8) is 0 Å². The van der Waals surface area contributed by atoms with E-state index in [1.54, 1.807) is 0 Å². The number of allylic oxidation sites excluding steroid dienone is 2. The van der Waals surface area contributed by atoms with E-state index in [4.69, 9.17) is 4.42 Å². The summed E-state index contributed by atoms with van der Waals surface area (Å²) in [6, 6.07) is 54.9. The maximum atomic E-state index is 6.50. The highest BCUT2D eigenvalue weighted by molar-refractivity contribution is 6.25. The molecule has 2 nitrogen and oxygen atoms in total. The summed E-state index contributed by atoms with van der Waals surface area (Å²) in [6.45, 7) is 6.15. The van der Waals surface area contributed by atoms with E-state index in [1.165, 1.54) is 65.5 Å². The van der Waals surface area contributed by atoms with Gasteiger partial charge in [-0.3, -0.25) is 0 Å². The van der Waals surface area contributed by atoms with Crippen LogP contribution in [0.4, 0.5) is 0 Å². The zero-order chi connectivity index (χ0) is 34.1. The fraction of sp³-hybridized carbons (Fsp3) is 0.0204. The summed E-state index contributed by atoms with van der Waals surface area (Å²) in [7, 11) is 0. The van der Waals surface area contributed by atoms with Gasteiger partial charge in [0.1, 0.15) is 5.58 Å². The lowest BCUT2D eigenvalue weighted by atomic mass is 9.91. The topological polar surface area (TPSA) is 18.1 Å². The number of hydrogen-bond donors (Lipinski definition) is 0. The minimum absolute atomic E-state index is 0.894. The van der Waals surface area contributed by atoms with Crippen molar-refractivity contribution in [2.75, 3.05) is 0 Å². The molecule has 0 amide bonds. The maximum Gasteiger partial charge on any atom is 0.159 e. The fourth-order valence-corrected chi connectivity index (χ4v) is 8.18. The largest absolute Gasteiger partial charge is 0.454 e. The predicted octanol–water partition coefficient (Wildman–Crippen LogP) is 13.8. The van der Waals surface area contributed by atoms with Crippen molar-refractivity contribution in [1.82, 2.24) is 4.57 Å². The summed E-state index contributed by atoms with van der Waals surface area (Å²) in [5.74, 6) is 0. The van der Waals surface area contributed by atoms with E-state index in [0.717, 1.165) is 38.8 Å². The Kier molecular flexibility index (Phi) is 6.59. The number of fused-ring (bicyclic) bond motifs is 10. The number of furan rings is 1. The molecule has 2 aromatic heterocycles. The molecule has 0 bridgehead atoms. The van der Waals surface area contributed by atoms with Gasteiger partial charge in [0.2, 0.25) is 0 Å². The van der Waals surface area contributed by atoms with Gasteiger partial charge in [0, 0.05) is 27.4 Å². The minimum atomic E-state index is 0.894. The van der Waals surface area contributed by atoms with Crippen LogP contribution in [-0.2, 0) is 0 Å². The van der Waals surface area contributed by atoms with Crippen molar-refractivity contribution >= 4 is 71.2 Å². The van der Waals surface area contributed by atoms with Gasteiger partial charge in [-0.15, -0.1) is 0 Å². The van der Waals surface area contributed by atoms with Gasteiger partial charge in [-0.25, -0.2) is 0 Å². The summed E-state index contributed by atoms with van der Waals surface area (Å²) < 4.78 is 8.84. The Labute approximate surface area is 295 Å². The Morgan fingerprint density at radius 3 is 1.75 bits per heavy atom. The third-order valence-corrected chi connectivity index (χ3v) is 10.5. The van der Waals surface area contributed by atoms with Gasteiger partial charge < -0.3 is 8.98 Å². The monoisotopic (exact) mass is 651 g/mol. The molecule has 0 aliphatic heterocycles. The van der Waals surface area contributed by atoms with E-state index in [9.17, 15) is 0 Å². The molecule has 0 fully saturated rings. The SMILES string of the molecule is C=C/C=C\c1c(C)n(-c2cccc3c2oc2ccccc23)c2ccc(-c3cccc(-c4ccc5c6ccccc6c6ccccc6c5c4)c3)cc12. The number of para-hydroxylation sites is 2. The van der Waals surface area contributed by atoms with Crippen LogP contribution in [0.2, 0.25) is 0 Å². The molecule has 0 saturated carbocycles. The molecular weight excluding hydrogens is 619 g/mol. The van der Waals surface area contributed by atoms with Gasteiger partial charge in [-0.2, -0.15) is 0 Å². The smallest absolute Gasteiger partial charge is 0.159 e. The zero-order valence-electron chi connectivity index (χ0n) is 28.2. The van der Waals surface area contributed by atoms with E-state index in [2.05, 4.69) is 164 Å². The van der Waals surface area contributed by atoms with Crippen molar-refractivity contribution < 1.29 is 4.42 Å². The van der Waals surface area contributed by atoms with Gasteiger partial charge >= 0.3 is 0 Å². The predicted molar refractivity (Wildman–Crippen MR) is 218 cm³/mol. The van der Waals surface area contributed by atoms with E-state index >= 15 is 0 Å². The van der Waals surface area contributed by atoms with Crippen LogP contribution >= 0.6 is 0 Å². The van der Waals surface area contributed by atoms with Crippen LogP contribution < -0.4 is 0 Å². The molecule has 0 radical (unpaired) electrons. The van der Waals surface area contributed by atoms with Crippen LogP contribution in [0.1, 0.15) is 11.3 Å². The Morgan fingerprint density at radius 1 is 0.490 bits per heavy atom. The lowest BCUT2D eigenvalue weighted by Crippen LogP contribution is -1.97. The third-order valence-electron chi connectivity index (χ3n) is 10.5. The molecule has 8 aromatic carbocycles. The molecule has 0 aliphatic carbocycles. The van der Waals surface area contributed by atoms with Gasteiger partial charge in [0.25, 0.3) is 0 Å². The molecule has 10 aromatic rings. The number of hydrogen-bond acceptors (Lipinski definition) is 1. The molecule has 2 heteroatoms. The number of rotatable bonds is 5. The van der Waals surface area contributed by atoms with Crippen LogP contribution in [0.5, 0.6) is 0 Å². The van der Waals surface area contributed by atoms with E-state index in [-0.39, 0.29) is 0 Å². The van der Waals surface area contributed by atoms with Crippen LogP contribution in [-0.4, -0.2) is 4.57 Å². The normalized spacial score (nSPS) is 12.0. The highest BCUT2D eigenvalue weighted by atomic mass is 16.3. The number of nitrogens with zero attached hydrogens (tertiary/aromatic N) is 1. The van der Waals surface area contributed by atoms with Crippen molar-refractivity contribution in [3.8, 4) is 27.9 Å². The first-order valence-corrected chi connectivity index (χ1v) is 17.5. The Hall–Kier alpha value is -6.64. The van der Waals surface area contributed by atoms with E-state index in [0.29, 0.717) is 0 Å². The summed E-state index contributed by atoms with van der Waals surface area (Å²) in [4.78, 5) is 0. The van der Waals surface area contributed by atoms with Gasteiger partial charge in [0.05, 0.1) is 11.2 Å². The third kappa shape index (κ3) is 4.50. The first-order chi connectivity index (χ1) is 25.2. The van der Waals surface area contributed by atoms with Crippen LogP contribution in [0, 0.1) is 6.92 Å². The molecule has 0 atom stereocenters. The van der Waals surface area contributed by atoms with Crippen molar-refractivity contribution in [2.24, 2.45) is 0 Å². The second kappa shape index (κ2) is 11.5. The molecule has 10 rings (SSSR count). The number of benzene rings is 8. The van der Waals surface area contributed by atoms with E-state index < -0.39 is 0 Å². The van der Waals surface area contributed by atoms with Crippen LogP contribution in [0.25, 0.3) is 99.2 Å². The average Bonchev–Trinajstić information content (AvgIpc) is 3.71. The summed E-state index contributed by atoms with van der Waals surface area (Å²) >= 11 is 0. The van der Waals surface area contributed by atoms with Gasteiger partial charge in [0.15, 0.2) is 5.58 Å². The molecular formula is C49H33NO. The van der Waals surface area contributed by atoms with E-state index in [1.807, 2.05) is 24.3 Å². The summed E-state index contributed by atoms with van der Waals surface area (Å²) in [5.41, 5.74) is 11.1. The summed E-state index contributed by atoms with van der Waals surface area (Å²) in [6.07, 6.45) is 6.03.